The number of nitrogens with zero attached hydrogens (tertiary/aromatic N) is 6. The Hall–Kier alpha value is -3.55. The number of halogens is 1. The Morgan fingerprint density at radius 2 is 2.04 bits per heavy atom. The van der Waals surface area contributed by atoms with Crippen LogP contribution >= 0.6 is 0 Å². The zero-order chi connectivity index (χ0) is 17.5. The van der Waals surface area contributed by atoms with Crippen molar-refractivity contribution in [3.05, 3.63) is 66.6 Å². The van der Waals surface area contributed by atoms with Gasteiger partial charge in [-0.3, -0.25) is 9.38 Å². The molecule has 8 heteroatoms. The van der Waals surface area contributed by atoms with Gasteiger partial charge in [-0.15, -0.1) is 0 Å². The zero-order valence-corrected chi connectivity index (χ0v) is 13.7. The van der Waals surface area contributed by atoms with Crippen LogP contribution in [0.3, 0.4) is 0 Å². The Labute approximate surface area is 148 Å². The lowest BCUT2D eigenvalue weighted by atomic mass is 10.3. The summed E-state index contributed by atoms with van der Waals surface area (Å²) in [6, 6.07) is 8.84. The molecule has 5 heterocycles. The Morgan fingerprint density at radius 3 is 2.92 bits per heavy atom. The van der Waals surface area contributed by atoms with Gasteiger partial charge in [-0.2, -0.15) is 0 Å². The van der Waals surface area contributed by atoms with Crippen molar-refractivity contribution in [3.8, 4) is 11.5 Å². The average Bonchev–Trinajstić information content (AvgIpc) is 3.26. The summed E-state index contributed by atoms with van der Waals surface area (Å²) in [6.07, 6.45) is 6.56. The van der Waals surface area contributed by atoms with Crippen molar-refractivity contribution < 1.29 is 4.39 Å². The molecule has 0 fully saturated rings. The first kappa shape index (κ1) is 14.8. The van der Waals surface area contributed by atoms with E-state index in [2.05, 4.69) is 25.2 Å². The molecule has 0 aromatic carbocycles. The summed E-state index contributed by atoms with van der Waals surface area (Å²) < 4.78 is 15.3. The van der Waals surface area contributed by atoms with Gasteiger partial charge < -0.3 is 10.2 Å². The quantitative estimate of drug-likeness (QED) is 0.614. The van der Waals surface area contributed by atoms with E-state index in [9.17, 15) is 4.39 Å². The highest BCUT2D eigenvalue weighted by Crippen LogP contribution is 2.31. The van der Waals surface area contributed by atoms with Crippen molar-refractivity contribution in [1.82, 2.24) is 24.3 Å². The Morgan fingerprint density at radius 1 is 1.08 bits per heavy atom. The van der Waals surface area contributed by atoms with Gasteiger partial charge in [-0.25, -0.2) is 19.3 Å². The van der Waals surface area contributed by atoms with Crippen molar-refractivity contribution in [3.63, 3.8) is 0 Å². The number of hydrogen-bond donors (Lipinski definition) is 1. The fourth-order valence-electron chi connectivity index (χ4n) is 3.06. The number of pyridine rings is 2. The fraction of sp³-hybridized carbons (Fsp3) is 0.111. The number of hydrogen-bond acceptors (Lipinski definition) is 6. The topological polar surface area (TPSA) is 71.2 Å². The first-order chi connectivity index (χ1) is 12.8. The van der Waals surface area contributed by atoms with Gasteiger partial charge in [0.05, 0.1) is 37.0 Å². The first-order valence-electron chi connectivity index (χ1n) is 8.17. The Balaban J connectivity index is 1.54. The molecule has 1 aliphatic heterocycles. The van der Waals surface area contributed by atoms with Gasteiger partial charge in [0.2, 0.25) is 0 Å². The van der Waals surface area contributed by atoms with Crippen LogP contribution in [0.25, 0.3) is 17.2 Å². The third-order valence-corrected chi connectivity index (χ3v) is 4.31. The van der Waals surface area contributed by atoms with E-state index in [4.69, 9.17) is 4.98 Å². The van der Waals surface area contributed by atoms with E-state index in [0.29, 0.717) is 30.4 Å². The lowest BCUT2D eigenvalue weighted by Crippen LogP contribution is -2.23. The van der Waals surface area contributed by atoms with E-state index in [1.807, 2.05) is 18.2 Å². The van der Waals surface area contributed by atoms with Crippen LogP contribution in [0.2, 0.25) is 0 Å². The maximum Gasteiger partial charge on any atom is 0.180 e. The largest absolute Gasteiger partial charge is 0.363 e. The standard InChI is InChI=1S/C18H14FN7/c19-12-4-5-16-21-8-15(26(16)9-12)17-22-7-14-18(24-17)25(11-23-14)10-13-3-1-2-6-20-13/h1-9,23H,10-11H2. The van der Waals surface area contributed by atoms with Gasteiger partial charge in [0.25, 0.3) is 0 Å². The van der Waals surface area contributed by atoms with Gasteiger partial charge in [0.1, 0.15) is 17.2 Å². The van der Waals surface area contributed by atoms with Crippen molar-refractivity contribution in [2.45, 2.75) is 6.54 Å². The van der Waals surface area contributed by atoms with Crippen LogP contribution in [0.5, 0.6) is 0 Å². The highest BCUT2D eigenvalue weighted by Gasteiger charge is 2.23. The molecule has 7 nitrogen and oxygen atoms in total. The van der Waals surface area contributed by atoms with Crippen LogP contribution < -0.4 is 10.2 Å². The van der Waals surface area contributed by atoms with E-state index in [1.165, 1.54) is 12.3 Å². The monoisotopic (exact) mass is 347 g/mol. The predicted molar refractivity (Wildman–Crippen MR) is 95.1 cm³/mol. The lowest BCUT2D eigenvalue weighted by molar-refractivity contribution is 0.619. The molecule has 0 unspecified atom stereocenters. The second kappa shape index (κ2) is 5.76. The van der Waals surface area contributed by atoms with Crippen LogP contribution in [-0.4, -0.2) is 31.0 Å². The van der Waals surface area contributed by atoms with Crippen LogP contribution in [0.15, 0.2) is 55.1 Å². The molecule has 0 amide bonds. The summed E-state index contributed by atoms with van der Waals surface area (Å²) in [5.41, 5.74) is 3.12. The van der Waals surface area contributed by atoms with Crippen LogP contribution in [-0.2, 0) is 6.54 Å². The second-order valence-electron chi connectivity index (χ2n) is 6.00. The molecule has 0 spiro atoms. The summed E-state index contributed by atoms with van der Waals surface area (Å²) in [5.74, 6) is 0.958. The molecule has 26 heavy (non-hydrogen) atoms. The average molecular weight is 347 g/mol. The maximum absolute atomic E-state index is 13.6. The molecule has 0 saturated heterocycles. The number of fused-ring (bicyclic) bond motifs is 2. The predicted octanol–water partition coefficient (Wildman–Crippen LogP) is 2.71. The van der Waals surface area contributed by atoms with E-state index < -0.39 is 0 Å². The highest BCUT2D eigenvalue weighted by molar-refractivity contribution is 5.72. The third kappa shape index (κ3) is 2.43. The number of aromatic nitrogens is 5. The summed E-state index contributed by atoms with van der Waals surface area (Å²) in [4.78, 5) is 19.9. The summed E-state index contributed by atoms with van der Waals surface area (Å²) in [5, 5.41) is 3.28. The van der Waals surface area contributed by atoms with Crippen molar-refractivity contribution in [1.29, 1.82) is 0 Å². The van der Waals surface area contributed by atoms with Gasteiger partial charge >= 0.3 is 0 Å². The zero-order valence-electron chi connectivity index (χ0n) is 13.7. The van der Waals surface area contributed by atoms with E-state index in [1.54, 1.807) is 29.1 Å². The second-order valence-corrected chi connectivity index (χ2v) is 6.00. The van der Waals surface area contributed by atoms with Crippen molar-refractivity contribution in [2.75, 3.05) is 16.9 Å². The molecule has 1 aliphatic rings. The summed E-state index contributed by atoms with van der Waals surface area (Å²) >= 11 is 0. The van der Waals surface area contributed by atoms with E-state index in [-0.39, 0.29) is 5.82 Å². The molecule has 0 radical (unpaired) electrons. The fourth-order valence-corrected chi connectivity index (χ4v) is 3.06. The number of rotatable bonds is 3. The van der Waals surface area contributed by atoms with Crippen molar-refractivity contribution >= 4 is 17.2 Å². The molecular weight excluding hydrogens is 333 g/mol. The number of nitrogens with one attached hydrogen (secondary N) is 1. The summed E-state index contributed by atoms with van der Waals surface area (Å²) in [6.45, 7) is 1.27. The molecule has 0 bridgehead atoms. The smallest absolute Gasteiger partial charge is 0.180 e. The SMILES string of the molecule is Fc1ccc2ncc(-c3ncc4c(n3)N(Cc3ccccn3)CN4)n2c1. The minimum absolute atomic E-state index is 0.337. The minimum atomic E-state index is -0.337. The number of anilines is 2. The van der Waals surface area contributed by atoms with Crippen LogP contribution in [0.4, 0.5) is 15.9 Å². The summed E-state index contributed by atoms with van der Waals surface area (Å²) in [7, 11) is 0. The molecule has 5 rings (SSSR count). The Kier molecular flexibility index (Phi) is 3.27. The highest BCUT2D eigenvalue weighted by atomic mass is 19.1. The minimum Gasteiger partial charge on any atom is -0.363 e. The molecule has 0 aliphatic carbocycles. The molecule has 1 N–H and O–H groups in total. The molecular formula is C18H14FN7. The van der Waals surface area contributed by atoms with Crippen LogP contribution in [0.1, 0.15) is 5.69 Å². The van der Waals surface area contributed by atoms with Gasteiger partial charge in [-0.05, 0) is 24.3 Å². The van der Waals surface area contributed by atoms with E-state index >= 15 is 0 Å². The molecule has 0 saturated carbocycles. The van der Waals surface area contributed by atoms with Gasteiger partial charge in [-0.1, -0.05) is 6.07 Å². The molecule has 4 aromatic heterocycles. The third-order valence-electron chi connectivity index (χ3n) is 4.31. The molecule has 128 valence electrons. The van der Waals surface area contributed by atoms with E-state index in [0.717, 1.165) is 17.2 Å². The van der Waals surface area contributed by atoms with Gasteiger partial charge in [0, 0.05) is 12.4 Å². The van der Waals surface area contributed by atoms with Gasteiger partial charge in [0.15, 0.2) is 11.6 Å². The Bertz CT molecular complexity index is 1090. The number of imidazole rings is 1. The van der Waals surface area contributed by atoms with Crippen molar-refractivity contribution in [2.24, 2.45) is 0 Å². The van der Waals surface area contributed by atoms with Crippen LogP contribution in [0, 0.1) is 5.82 Å². The first-order valence-corrected chi connectivity index (χ1v) is 8.17. The maximum atomic E-state index is 13.6. The normalized spacial score (nSPS) is 13.0. The lowest BCUT2D eigenvalue weighted by Gasteiger charge is -2.16. The molecule has 4 aromatic rings. The molecule has 0 atom stereocenters.